The van der Waals surface area contributed by atoms with Crippen molar-refractivity contribution in [3.8, 4) is 0 Å². The number of halogens is 1. The van der Waals surface area contributed by atoms with E-state index in [-0.39, 0.29) is 6.17 Å². The SMILES string of the molecule is C/C=C\C(=NC1CSC(Cl)=N1)Nc1ccccc1. The van der Waals surface area contributed by atoms with E-state index >= 15 is 0 Å². The number of hydrogen-bond donors (Lipinski definition) is 1. The molecule has 0 bridgehead atoms. The molecule has 0 saturated carbocycles. The van der Waals surface area contributed by atoms with Crippen LogP contribution in [-0.4, -0.2) is 22.3 Å². The van der Waals surface area contributed by atoms with Gasteiger partial charge in [-0.05, 0) is 25.1 Å². The number of amidine groups is 1. The average molecular weight is 280 g/mol. The van der Waals surface area contributed by atoms with Crippen LogP contribution in [0.4, 0.5) is 5.69 Å². The van der Waals surface area contributed by atoms with Gasteiger partial charge in [-0.2, -0.15) is 0 Å². The lowest BCUT2D eigenvalue weighted by Gasteiger charge is -2.08. The minimum atomic E-state index is -0.0927. The monoisotopic (exact) mass is 279 g/mol. The molecular weight excluding hydrogens is 266 g/mol. The highest BCUT2D eigenvalue weighted by Gasteiger charge is 2.15. The Labute approximate surface area is 116 Å². The van der Waals surface area contributed by atoms with Gasteiger partial charge in [-0.25, -0.2) is 9.98 Å². The second-order valence-electron chi connectivity index (χ2n) is 3.68. The molecule has 0 aliphatic carbocycles. The smallest absolute Gasteiger partial charge is 0.160 e. The number of allylic oxidation sites excluding steroid dienone is 1. The average Bonchev–Trinajstić information content (AvgIpc) is 2.76. The van der Waals surface area contributed by atoms with Crippen molar-refractivity contribution in [1.82, 2.24) is 0 Å². The Kier molecular flexibility index (Phi) is 4.84. The first-order valence-electron chi connectivity index (χ1n) is 5.66. The van der Waals surface area contributed by atoms with Crippen molar-refractivity contribution in [2.75, 3.05) is 11.1 Å². The van der Waals surface area contributed by atoms with Crippen LogP contribution in [0.25, 0.3) is 0 Å². The van der Waals surface area contributed by atoms with E-state index in [9.17, 15) is 0 Å². The van der Waals surface area contributed by atoms with E-state index in [4.69, 9.17) is 11.6 Å². The van der Waals surface area contributed by atoms with Crippen molar-refractivity contribution in [1.29, 1.82) is 0 Å². The molecule has 1 unspecified atom stereocenters. The van der Waals surface area contributed by atoms with E-state index in [0.29, 0.717) is 4.50 Å². The summed E-state index contributed by atoms with van der Waals surface area (Å²) in [6.45, 7) is 1.96. The van der Waals surface area contributed by atoms with Gasteiger partial charge in [0.15, 0.2) is 10.7 Å². The number of para-hydroxylation sites is 1. The number of aliphatic imine (C=N–C) groups is 2. The highest BCUT2D eigenvalue weighted by Crippen LogP contribution is 2.21. The number of hydrogen-bond acceptors (Lipinski definition) is 3. The summed E-state index contributed by atoms with van der Waals surface area (Å²) in [5, 5.41) is 3.26. The van der Waals surface area contributed by atoms with E-state index in [1.54, 1.807) is 0 Å². The van der Waals surface area contributed by atoms with Gasteiger partial charge in [0.25, 0.3) is 0 Å². The molecule has 0 spiro atoms. The van der Waals surface area contributed by atoms with Crippen LogP contribution in [0, 0.1) is 0 Å². The number of anilines is 1. The third-order valence-corrected chi connectivity index (χ3v) is 3.49. The lowest BCUT2D eigenvalue weighted by molar-refractivity contribution is 0.823. The fourth-order valence-corrected chi connectivity index (χ4v) is 2.44. The van der Waals surface area contributed by atoms with Crippen LogP contribution in [0.1, 0.15) is 6.92 Å². The number of benzene rings is 1. The lowest BCUT2D eigenvalue weighted by atomic mass is 10.3. The van der Waals surface area contributed by atoms with Crippen molar-refractivity contribution < 1.29 is 0 Å². The maximum atomic E-state index is 5.83. The molecular formula is C13H14ClN3S. The van der Waals surface area contributed by atoms with Gasteiger partial charge in [-0.15, -0.1) is 0 Å². The topological polar surface area (TPSA) is 36.8 Å². The van der Waals surface area contributed by atoms with Crippen molar-refractivity contribution in [3.63, 3.8) is 0 Å². The third-order valence-electron chi connectivity index (χ3n) is 2.26. The van der Waals surface area contributed by atoms with E-state index in [1.165, 1.54) is 11.8 Å². The van der Waals surface area contributed by atoms with Gasteiger partial charge in [0.1, 0.15) is 5.84 Å². The molecule has 0 fully saturated rings. The first-order chi connectivity index (χ1) is 8.78. The summed E-state index contributed by atoms with van der Waals surface area (Å²) in [6.07, 6.45) is 3.78. The maximum absolute atomic E-state index is 5.83. The van der Waals surface area contributed by atoms with Gasteiger partial charge in [0.05, 0.1) is 0 Å². The Balaban J connectivity index is 2.11. The summed E-state index contributed by atoms with van der Waals surface area (Å²) in [6, 6.07) is 9.94. The fourth-order valence-electron chi connectivity index (χ4n) is 1.51. The van der Waals surface area contributed by atoms with Crippen LogP contribution in [0.15, 0.2) is 52.5 Å². The third kappa shape index (κ3) is 3.89. The number of nitrogens with one attached hydrogen (secondary N) is 1. The van der Waals surface area contributed by atoms with Crippen LogP contribution in [0.3, 0.4) is 0 Å². The molecule has 1 aliphatic rings. The van der Waals surface area contributed by atoms with Crippen LogP contribution in [0.2, 0.25) is 0 Å². The molecule has 1 heterocycles. The molecule has 0 amide bonds. The zero-order valence-electron chi connectivity index (χ0n) is 10.0. The molecule has 1 atom stereocenters. The first-order valence-corrected chi connectivity index (χ1v) is 7.03. The van der Waals surface area contributed by atoms with Gasteiger partial charge < -0.3 is 5.32 Å². The predicted octanol–water partition coefficient (Wildman–Crippen LogP) is 3.74. The Hall–Kier alpha value is -1.26. The van der Waals surface area contributed by atoms with E-state index in [0.717, 1.165) is 17.3 Å². The van der Waals surface area contributed by atoms with Crippen molar-refractivity contribution in [2.24, 2.45) is 9.98 Å². The maximum Gasteiger partial charge on any atom is 0.160 e. The highest BCUT2D eigenvalue weighted by molar-refractivity contribution is 8.17. The summed E-state index contributed by atoms with van der Waals surface area (Å²) < 4.78 is 0.586. The van der Waals surface area contributed by atoms with Crippen molar-refractivity contribution >= 4 is 39.4 Å². The molecule has 1 aromatic rings. The first kappa shape index (κ1) is 13.2. The molecule has 2 rings (SSSR count). The van der Waals surface area contributed by atoms with E-state index in [2.05, 4.69) is 15.3 Å². The summed E-state index contributed by atoms with van der Waals surface area (Å²) >= 11 is 7.36. The molecule has 94 valence electrons. The van der Waals surface area contributed by atoms with E-state index < -0.39 is 0 Å². The molecule has 0 radical (unpaired) electrons. The normalized spacial score (nSPS) is 20.2. The Morgan fingerprint density at radius 3 is 2.89 bits per heavy atom. The largest absolute Gasteiger partial charge is 0.340 e. The van der Waals surface area contributed by atoms with Crippen LogP contribution < -0.4 is 5.32 Å². The van der Waals surface area contributed by atoms with Crippen LogP contribution >= 0.6 is 23.4 Å². The summed E-state index contributed by atoms with van der Waals surface area (Å²) in [5.74, 6) is 1.60. The van der Waals surface area contributed by atoms with Crippen molar-refractivity contribution in [2.45, 2.75) is 13.1 Å². The second-order valence-corrected chi connectivity index (χ2v) is 5.27. The highest BCUT2D eigenvalue weighted by atomic mass is 35.5. The number of thioether (sulfide) groups is 1. The predicted molar refractivity (Wildman–Crippen MR) is 81.8 cm³/mol. The van der Waals surface area contributed by atoms with Gasteiger partial charge in [-0.3, -0.25) is 0 Å². The molecule has 1 N–H and O–H groups in total. The fraction of sp³-hybridized carbons (Fsp3) is 0.231. The summed E-state index contributed by atoms with van der Waals surface area (Å²) in [7, 11) is 0. The Bertz CT molecular complexity index is 482. The minimum Gasteiger partial charge on any atom is -0.340 e. The number of nitrogens with zero attached hydrogens (tertiary/aromatic N) is 2. The number of rotatable bonds is 3. The Morgan fingerprint density at radius 2 is 2.28 bits per heavy atom. The molecule has 18 heavy (non-hydrogen) atoms. The molecule has 1 aliphatic heterocycles. The lowest BCUT2D eigenvalue weighted by Crippen LogP contribution is -2.13. The summed E-state index contributed by atoms with van der Waals surface area (Å²) in [4.78, 5) is 8.77. The molecule has 0 saturated heterocycles. The molecule has 1 aromatic carbocycles. The minimum absolute atomic E-state index is 0.0927. The molecule has 5 heteroatoms. The molecule has 0 aromatic heterocycles. The van der Waals surface area contributed by atoms with Crippen LogP contribution in [0.5, 0.6) is 0 Å². The van der Waals surface area contributed by atoms with Gasteiger partial charge in [0, 0.05) is 11.4 Å². The standard InChI is InChI=1S/C13H14ClN3S/c1-2-6-11(15-10-7-4-3-5-8-10)16-12-9-18-13(14)17-12/h2-8,12H,9H2,1H3,(H,15,16)/b6-2-. The quantitative estimate of drug-likeness (QED) is 0.676. The second kappa shape index (κ2) is 6.61. The van der Waals surface area contributed by atoms with Gasteiger partial charge in [-0.1, -0.05) is 47.6 Å². The Morgan fingerprint density at radius 1 is 1.50 bits per heavy atom. The molecule has 3 nitrogen and oxygen atoms in total. The van der Waals surface area contributed by atoms with Gasteiger partial charge >= 0.3 is 0 Å². The zero-order chi connectivity index (χ0) is 12.8. The zero-order valence-corrected chi connectivity index (χ0v) is 11.6. The van der Waals surface area contributed by atoms with Crippen molar-refractivity contribution in [3.05, 3.63) is 42.5 Å². The van der Waals surface area contributed by atoms with Gasteiger partial charge in [0.2, 0.25) is 0 Å². The van der Waals surface area contributed by atoms with E-state index in [1.807, 2.05) is 49.4 Å². The van der Waals surface area contributed by atoms with Crippen LogP contribution in [-0.2, 0) is 0 Å². The summed E-state index contributed by atoms with van der Waals surface area (Å²) in [5.41, 5.74) is 1.01.